The molecule has 1 unspecified atom stereocenters. The quantitative estimate of drug-likeness (QED) is 0.214. The van der Waals surface area contributed by atoms with E-state index in [1.807, 2.05) is 13.8 Å². The predicted molar refractivity (Wildman–Crippen MR) is 167 cm³/mol. The van der Waals surface area contributed by atoms with E-state index in [2.05, 4.69) is 0 Å². The topological polar surface area (TPSA) is 205 Å². The Morgan fingerprint density at radius 2 is 1.32 bits per heavy atom. The fourth-order valence-corrected chi connectivity index (χ4v) is 12.4. The normalized spacial score (nSPS) is 53.8. The second-order valence-corrected chi connectivity index (χ2v) is 16.6. The van der Waals surface area contributed by atoms with Gasteiger partial charge in [-0.3, -0.25) is 19.2 Å². The number of aliphatic hydroxyl groups excluding tert-OH is 2. The summed E-state index contributed by atoms with van der Waals surface area (Å²) in [7, 11) is 0. The standard InChI is InChI=1S/C36H48O14/c1-12-10-19-35(8,36(9,44)32(43)50-19)24-21(12)34(7)22(28(24)46-14(3)38)20-23(29(47-15(4)39)31(34)48-16(5)40)33(6)17(11-18-27(49-18)30(33)42)26(25(20)41)45-13(2)37/h10,12,17-18,20-31,41-42,44H,11H2,1-9H3/t12-,17-,18+,20+,21+,22-,23?,24+,25-,26+,27+,28-,29+,30+,31+,33+,34-,35+,36-/m1/s1. The molecule has 5 aliphatic carbocycles. The molecule has 0 aromatic carbocycles. The predicted octanol–water partition coefficient (Wildman–Crippen LogP) is 1.20. The number of epoxide rings is 1. The fourth-order valence-electron chi connectivity index (χ4n) is 12.4. The van der Waals surface area contributed by atoms with E-state index >= 15 is 0 Å². The van der Waals surface area contributed by atoms with Crippen molar-refractivity contribution in [1.82, 2.24) is 0 Å². The highest BCUT2D eigenvalue weighted by Crippen LogP contribution is 2.76. The molecule has 14 nitrogen and oxygen atoms in total. The lowest BCUT2D eigenvalue weighted by Crippen LogP contribution is -2.75. The Bertz CT molecular complexity index is 1570. The van der Waals surface area contributed by atoms with Crippen LogP contribution >= 0.6 is 0 Å². The average Bonchev–Trinajstić information content (AvgIpc) is 3.69. The van der Waals surface area contributed by atoms with Gasteiger partial charge in [0.25, 0.3) is 0 Å². The van der Waals surface area contributed by atoms with Crippen LogP contribution < -0.4 is 0 Å². The van der Waals surface area contributed by atoms with Crippen molar-refractivity contribution >= 4 is 29.8 Å². The number of hydrogen-bond acceptors (Lipinski definition) is 14. The van der Waals surface area contributed by atoms with Crippen molar-refractivity contribution in [2.45, 2.75) is 123 Å². The van der Waals surface area contributed by atoms with E-state index in [1.54, 1.807) is 19.9 Å². The van der Waals surface area contributed by atoms with E-state index < -0.39 is 136 Å². The number of ether oxygens (including phenoxy) is 6. The van der Waals surface area contributed by atoms with Crippen LogP contribution in [-0.2, 0) is 52.4 Å². The van der Waals surface area contributed by atoms with Crippen LogP contribution in [0.25, 0.3) is 0 Å². The molecule has 0 spiro atoms. The van der Waals surface area contributed by atoms with Crippen LogP contribution in [0.4, 0.5) is 0 Å². The molecule has 14 heteroatoms. The molecule has 0 amide bonds. The van der Waals surface area contributed by atoms with Gasteiger partial charge < -0.3 is 43.7 Å². The Morgan fingerprint density at radius 1 is 0.780 bits per heavy atom. The third-order valence-corrected chi connectivity index (χ3v) is 14.3. The first-order chi connectivity index (χ1) is 23.1. The van der Waals surface area contributed by atoms with E-state index in [-0.39, 0.29) is 11.9 Å². The van der Waals surface area contributed by atoms with Gasteiger partial charge in [0.05, 0.1) is 23.7 Å². The monoisotopic (exact) mass is 704 g/mol. The molecule has 4 saturated carbocycles. The van der Waals surface area contributed by atoms with Crippen molar-refractivity contribution < 1.29 is 67.7 Å². The highest BCUT2D eigenvalue weighted by molar-refractivity contribution is 5.85. The molecule has 2 aliphatic heterocycles. The molecule has 7 rings (SSSR count). The minimum Gasteiger partial charge on any atom is -0.462 e. The smallest absolute Gasteiger partial charge is 0.343 e. The second-order valence-electron chi connectivity index (χ2n) is 16.6. The zero-order valence-electron chi connectivity index (χ0n) is 29.8. The Morgan fingerprint density at radius 3 is 1.90 bits per heavy atom. The maximum Gasteiger partial charge on any atom is 0.343 e. The van der Waals surface area contributed by atoms with E-state index in [4.69, 9.17) is 28.4 Å². The summed E-state index contributed by atoms with van der Waals surface area (Å²) in [5.74, 6) is -8.84. The molecule has 7 aliphatic rings. The molecule has 0 radical (unpaired) electrons. The largest absolute Gasteiger partial charge is 0.462 e. The molecule has 6 fully saturated rings. The molecular formula is C36H48O14. The molecular weight excluding hydrogens is 656 g/mol. The summed E-state index contributed by atoms with van der Waals surface area (Å²) in [5, 5.41) is 36.7. The van der Waals surface area contributed by atoms with Gasteiger partial charge in [0.15, 0.2) is 5.60 Å². The van der Waals surface area contributed by atoms with E-state index in [0.717, 1.165) is 0 Å². The summed E-state index contributed by atoms with van der Waals surface area (Å²) in [4.78, 5) is 65.2. The van der Waals surface area contributed by atoms with E-state index in [9.17, 15) is 39.3 Å². The first-order valence-electron chi connectivity index (χ1n) is 17.5. The molecule has 2 heterocycles. The van der Waals surface area contributed by atoms with Crippen molar-refractivity contribution in [2.75, 3.05) is 0 Å². The highest BCUT2D eigenvalue weighted by atomic mass is 16.6. The number of carbonyl (C=O) groups is 5. The summed E-state index contributed by atoms with van der Waals surface area (Å²) >= 11 is 0. The maximum absolute atomic E-state index is 13.3. The van der Waals surface area contributed by atoms with Gasteiger partial charge in [-0.25, -0.2) is 4.79 Å². The van der Waals surface area contributed by atoms with Crippen LogP contribution in [-0.4, -0.2) is 99.6 Å². The summed E-state index contributed by atoms with van der Waals surface area (Å²) < 4.78 is 36.2. The van der Waals surface area contributed by atoms with Gasteiger partial charge in [-0.05, 0) is 38.2 Å². The van der Waals surface area contributed by atoms with Crippen molar-refractivity contribution in [2.24, 2.45) is 57.7 Å². The van der Waals surface area contributed by atoms with Crippen LogP contribution in [0.1, 0.15) is 68.7 Å². The van der Waals surface area contributed by atoms with Crippen molar-refractivity contribution in [3.05, 3.63) is 11.8 Å². The molecule has 0 aromatic heterocycles. The van der Waals surface area contributed by atoms with Crippen LogP contribution in [0.3, 0.4) is 0 Å². The minimum atomic E-state index is -2.09. The summed E-state index contributed by atoms with van der Waals surface area (Å²) in [5.41, 5.74) is -6.09. The van der Waals surface area contributed by atoms with Crippen LogP contribution in [0.15, 0.2) is 11.8 Å². The number of esters is 5. The zero-order chi connectivity index (χ0) is 36.8. The van der Waals surface area contributed by atoms with E-state index in [1.165, 1.54) is 34.6 Å². The summed E-state index contributed by atoms with van der Waals surface area (Å²) in [6.45, 7) is 13.5. The Hall–Kier alpha value is -3.07. The van der Waals surface area contributed by atoms with Gasteiger partial charge in [0, 0.05) is 68.1 Å². The SMILES string of the molecule is CC(=O)O[C@@H]1[C@H]2[C@H]3C([C@H](OC(C)=O)[C@H](OC(C)=O)[C@]2(C)[C@@H]2[C@@H]1[C@]1(C)C(=C[C@H]2C)OC(=O)[C@@]1(C)O)[C@]1(C)[C@H](C[C@@H]2O[C@@H]2[C@@H]1O)[C@H](OC(C)=O)[C@@H]3O. The number of allylic oxidation sites excluding steroid dienone is 1. The maximum atomic E-state index is 13.3. The average molecular weight is 705 g/mol. The third-order valence-electron chi connectivity index (χ3n) is 14.3. The zero-order valence-corrected chi connectivity index (χ0v) is 29.8. The molecule has 0 bridgehead atoms. The molecule has 276 valence electrons. The molecule has 2 saturated heterocycles. The lowest BCUT2D eigenvalue weighted by atomic mass is 9.40. The van der Waals surface area contributed by atoms with Crippen LogP contribution in [0.5, 0.6) is 0 Å². The number of hydrogen-bond donors (Lipinski definition) is 3. The van der Waals surface area contributed by atoms with Gasteiger partial charge in [0.2, 0.25) is 0 Å². The number of fused-ring (bicyclic) bond motifs is 10. The Balaban J connectivity index is 1.54. The fraction of sp³-hybridized carbons (Fsp3) is 0.806. The van der Waals surface area contributed by atoms with Gasteiger partial charge in [0.1, 0.15) is 36.3 Å². The number of carbonyl (C=O) groups excluding carboxylic acids is 5. The summed E-state index contributed by atoms with van der Waals surface area (Å²) in [6.07, 6.45) is -6.19. The Kier molecular flexibility index (Phi) is 7.75. The van der Waals surface area contributed by atoms with Crippen molar-refractivity contribution in [3.8, 4) is 0 Å². The van der Waals surface area contributed by atoms with Gasteiger partial charge in [-0.15, -0.1) is 0 Å². The van der Waals surface area contributed by atoms with Gasteiger partial charge >= 0.3 is 29.8 Å². The summed E-state index contributed by atoms with van der Waals surface area (Å²) in [6, 6.07) is 0. The molecule has 0 aromatic rings. The molecule has 3 N–H and O–H groups in total. The van der Waals surface area contributed by atoms with Crippen LogP contribution in [0, 0.1) is 57.7 Å². The molecule has 50 heavy (non-hydrogen) atoms. The lowest BCUT2D eigenvalue weighted by molar-refractivity contribution is -0.300. The highest BCUT2D eigenvalue weighted by Gasteiger charge is 2.83. The Labute approximate surface area is 290 Å². The van der Waals surface area contributed by atoms with E-state index in [0.29, 0.717) is 6.42 Å². The number of rotatable bonds is 4. The van der Waals surface area contributed by atoms with Crippen molar-refractivity contribution in [3.63, 3.8) is 0 Å². The first-order valence-corrected chi connectivity index (χ1v) is 17.5. The lowest BCUT2D eigenvalue weighted by Gasteiger charge is -2.66. The van der Waals surface area contributed by atoms with Crippen molar-refractivity contribution in [1.29, 1.82) is 0 Å². The molecule has 19 atom stereocenters. The first kappa shape index (κ1) is 35.3. The second kappa shape index (κ2) is 11.0. The van der Waals surface area contributed by atoms with Crippen LogP contribution in [0.2, 0.25) is 0 Å². The van der Waals surface area contributed by atoms with Gasteiger partial charge in [-0.1, -0.05) is 20.8 Å². The third kappa shape index (κ3) is 4.30. The van der Waals surface area contributed by atoms with Gasteiger partial charge in [-0.2, -0.15) is 0 Å². The minimum absolute atomic E-state index is 0.214. The number of aliphatic hydroxyl groups is 3.